The Hall–Kier alpha value is -8.23. The Morgan fingerprint density at radius 3 is 1.70 bits per heavy atom. The lowest BCUT2D eigenvalue weighted by atomic mass is 9.82. The first-order valence-corrected chi connectivity index (χ1v) is 21.8. The summed E-state index contributed by atoms with van der Waals surface area (Å²) in [5.41, 5.74) is 2.38. The number of fused-ring (bicyclic) bond motifs is 4. The predicted molar refractivity (Wildman–Crippen MR) is 253 cm³/mol. The van der Waals surface area contributed by atoms with E-state index in [1.807, 2.05) is 95.6 Å². The molecule has 330 valence electrons. The third-order valence-corrected chi connectivity index (χ3v) is 12.4. The lowest BCUT2D eigenvalue weighted by molar-refractivity contribution is 0.113. The lowest BCUT2D eigenvalue weighted by Gasteiger charge is -2.43. The zero-order chi connectivity index (χ0) is 45.3. The number of aromatic nitrogens is 5. The fraction of sp³-hybridized carbons (Fsp3) is 0.173. The largest absolute Gasteiger partial charge is 0.496 e. The number of aromatic hydroxyl groups is 2. The first-order chi connectivity index (χ1) is 32.2. The number of rotatable bonds is 12. The fourth-order valence-electron chi connectivity index (χ4n) is 9.60. The molecule has 0 aliphatic carbocycles. The summed E-state index contributed by atoms with van der Waals surface area (Å²) in [6, 6.07) is 46.9. The van der Waals surface area contributed by atoms with Crippen LogP contribution in [0.3, 0.4) is 0 Å². The molecular formula is C52H46N8O6. The van der Waals surface area contributed by atoms with Crippen LogP contribution in [-0.2, 0) is 13.1 Å². The van der Waals surface area contributed by atoms with Crippen LogP contribution in [0.1, 0.15) is 46.2 Å². The zero-order valence-electron chi connectivity index (χ0n) is 36.0. The first kappa shape index (κ1) is 41.8. The molecule has 1 saturated heterocycles. The number of ether oxygens (including phenoxy) is 1. The molecule has 66 heavy (non-hydrogen) atoms. The van der Waals surface area contributed by atoms with Crippen LogP contribution in [0.25, 0.3) is 11.4 Å². The Bertz CT molecular complexity index is 3090. The van der Waals surface area contributed by atoms with Gasteiger partial charge >= 0.3 is 0 Å². The van der Waals surface area contributed by atoms with Crippen molar-refractivity contribution in [3.63, 3.8) is 0 Å². The molecule has 14 heteroatoms. The smallest absolute Gasteiger partial charge is 0.267 e. The molecule has 0 unspecified atom stereocenters. The summed E-state index contributed by atoms with van der Waals surface area (Å²) < 4.78 is 10.5. The van der Waals surface area contributed by atoms with Gasteiger partial charge in [0, 0.05) is 60.8 Å². The minimum absolute atomic E-state index is 0.0111. The number of hydrogen-bond acceptors (Lipinski definition) is 11. The highest BCUT2D eigenvalue weighted by atomic mass is 16.5. The van der Waals surface area contributed by atoms with Gasteiger partial charge in [0.1, 0.15) is 5.75 Å². The molecule has 1 fully saturated rings. The number of pyridine rings is 1. The second-order valence-corrected chi connectivity index (χ2v) is 16.7. The highest BCUT2D eigenvalue weighted by Gasteiger charge is 2.37. The summed E-state index contributed by atoms with van der Waals surface area (Å²) in [7, 11) is 1.59. The Morgan fingerprint density at radius 1 is 0.636 bits per heavy atom. The van der Waals surface area contributed by atoms with Gasteiger partial charge in [-0.05, 0) is 84.6 Å². The van der Waals surface area contributed by atoms with Crippen LogP contribution in [0.4, 0.5) is 23.3 Å². The van der Waals surface area contributed by atoms with Crippen molar-refractivity contribution in [2.45, 2.75) is 31.3 Å². The second-order valence-electron chi connectivity index (χ2n) is 16.7. The Morgan fingerprint density at radius 2 is 1.17 bits per heavy atom. The number of piperidine rings is 1. The summed E-state index contributed by atoms with van der Waals surface area (Å²) in [5.74, 6) is -1.69. The normalized spacial score (nSPS) is 15.5. The Kier molecular flexibility index (Phi) is 11.2. The zero-order valence-corrected chi connectivity index (χ0v) is 36.0. The molecular weight excluding hydrogens is 833 g/mol. The maximum atomic E-state index is 15.5. The summed E-state index contributed by atoms with van der Waals surface area (Å²) >= 11 is 0. The lowest BCUT2D eigenvalue weighted by Crippen LogP contribution is -2.46. The topological polar surface area (TPSA) is 169 Å². The maximum absolute atomic E-state index is 15.5. The highest BCUT2D eigenvalue weighted by molar-refractivity contribution is 5.61. The number of nitrogens with zero attached hydrogens (tertiary/aromatic N) is 6. The van der Waals surface area contributed by atoms with Gasteiger partial charge in [-0.3, -0.25) is 19.3 Å². The van der Waals surface area contributed by atoms with Crippen molar-refractivity contribution in [1.29, 1.82) is 0 Å². The van der Waals surface area contributed by atoms with E-state index in [0.717, 1.165) is 24.2 Å². The molecule has 5 aromatic carbocycles. The molecule has 0 radical (unpaired) electrons. The molecule has 2 aliphatic heterocycles. The van der Waals surface area contributed by atoms with E-state index in [2.05, 4.69) is 25.5 Å². The molecule has 10 rings (SSSR count). The molecule has 0 saturated carbocycles. The van der Waals surface area contributed by atoms with Gasteiger partial charge in [0.25, 0.3) is 16.7 Å². The molecule has 3 aromatic heterocycles. The van der Waals surface area contributed by atoms with E-state index in [0.29, 0.717) is 53.7 Å². The summed E-state index contributed by atoms with van der Waals surface area (Å²) in [4.78, 5) is 55.4. The van der Waals surface area contributed by atoms with E-state index >= 15 is 9.59 Å². The van der Waals surface area contributed by atoms with E-state index in [1.54, 1.807) is 73.8 Å². The SMILES string of the molecule is COc1ccc(C(c2c(O)nc(Nc3ccccc3)n(-c3ccccc3)c2=O)c2c(O)nc(Nc3ccccc3)n(-c3ccccc3)c2=O)cc1CN1C[C@@H]2C[C@@H](C1)c1cccc(=O)n1C2. The van der Waals surface area contributed by atoms with Gasteiger partial charge in [-0.2, -0.15) is 9.97 Å². The number of anilines is 4. The molecule has 0 spiro atoms. The molecule has 14 nitrogen and oxygen atoms in total. The van der Waals surface area contributed by atoms with Crippen molar-refractivity contribution in [3.05, 3.63) is 217 Å². The predicted octanol–water partition coefficient (Wildman–Crippen LogP) is 7.65. The van der Waals surface area contributed by atoms with Gasteiger partial charge < -0.3 is 30.2 Å². The van der Waals surface area contributed by atoms with Crippen molar-refractivity contribution in [2.24, 2.45) is 5.92 Å². The Labute approximate surface area is 379 Å². The summed E-state index contributed by atoms with van der Waals surface area (Å²) in [6.45, 7) is 2.50. The molecule has 4 N–H and O–H groups in total. The van der Waals surface area contributed by atoms with E-state index < -0.39 is 28.8 Å². The van der Waals surface area contributed by atoms with E-state index in [-0.39, 0.29) is 40.4 Å². The third-order valence-electron chi connectivity index (χ3n) is 12.4. The molecule has 5 heterocycles. The van der Waals surface area contributed by atoms with Gasteiger partial charge in [-0.15, -0.1) is 0 Å². The quantitative estimate of drug-likeness (QED) is 0.0952. The van der Waals surface area contributed by atoms with Crippen molar-refractivity contribution < 1.29 is 14.9 Å². The standard InChI is InChI=1S/C52H46N8O6/c1-66-42-26-25-34(28-36(42)32-57-29-33-27-35(31-57)41-23-14-24-43(61)58(41)30-33)44(45-47(62)55-51(53-37-15-6-2-7-16-37)59(49(45)64)39-19-10-4-11-20-39)46-48(63)56-52(54-38-17-8-3-9-18-38)60(50(46)65)40-21-12-5-13-22-40/h2-26,28,33,35,44,62-63H,27,29-32H2,1H3,(H,53,55)(H,54,56)/t33-,35-/m0/s1. The van der Waals surface area contributed by atoms with Crippen LogP contribution in [0.2, 0.25) is 0 Å². The van der Waals surface area contributed by atoms with Gasteiger partial charge in [0.15, 0.2) is 0 Å². The monoisotopic (exact) mass is 878 g/mol. The van der Waals surface area contributed by atoms with Crippen molar-refractivity contribution in [2.75, 3.05) is 30.8 Å². The van der Waals surface area contributed by atoms with Crippen LogP contribution >= 0.6 is 0 Å². The van der Waals surface area contributed by atoms with Crippen molar-refractivity contribution in [3.8, 4) is 28.9 Å². The van der Waals surface area contributed by atoms with Crippen LogP contribution < -0.4 is 32.0 Å². The van der Waals surface area contributed by atoms with E-state index in [1.165, 1.54) is 9.13 Å². The van der Waals surface area contributed by atoms with Gasteiger partial charge in [-0.1, -0.05) is 84.9 Å². The fourth-order valence-corrected chi connectivity index (χ4v) is 9.60. The molecule has 2 aliphatic rings. The molecule has 2 atom stereocenters. The van der Waals surface area contributed by atoms with Crippen LogP contribution in [0, 0.1) is 5.92 Å². The van der Waals surface area contributed by atoms with Crippen LogP contribution in [0.15, 0.2) is 172 Å². The average Bonchev–Trinajstić information content (AvgIpc) is 3.32. The summed E-state index contributed by atoms with van der Waals surface area (Å²) in [6.07, 6.45) is 0.976. The number of likely N-dealkylation sites (tertiary alicyclic amines) is 1. The molecule has 2 bridgehead atoms. The van der Waals surface area contributed by atoms with Crippen LogP contribution in [0.5, 0.6) is 17.5 Å². The van der Waals surface area contributed by atoms with Gasteiger partial charge in [0.2, 0.25) is 23.7 Å². The van der Waals surface area contributed by atoms with E-state index in [4.69, 9.17) is 4.74 Å². The maximum Gasteiger partial charge on any atom is 0.267 e. The third kappa shape index (κ3) is 7.98. The van der Waals surface area contributed by atoms with Gasteiger partial charge in [0.05, 0.1) is 35.5 Å². The number of benzene rings is 5. The second kappa shape index (κ2) is 17.7. The Balaban J connectivity index is 1.18. The first-order valence-electron chi connectivity index (χ1n) is 21.8. The number of methoxy groups -OCH3 is 1. The minimum atomic E-state index is -1.42. The van der Waals surface area contributed by atoms with E-state index in [9.17, 15) is 15.0 Å². The van der Waals surface area contributed by atoms with Crippen LogP contribution in [-0.4, -0.2) is 59.0 Å². The molecule has 0 amide bonds. The average molecular weight is 879 g/mol. The van der Waals surface area contributed by atoms with Crippen molar-refractivity contribution >= 4 is 23.3 Å². The van der Waals surface area contributed by atoms with Gasteiger partial charge in [-0.25, -0.2) is 9.13 Å². The summed E-state index contributed by atoms with van der Waals surface area (Å²) in [5, 5.41) is 30.8. The number of hydrogen-bond donors (Lipinski definition) is 4. The van der Waals surface area contributed by atoms with Crippen molar-refractivity contribution in [1.82, 2.24) is 28.6 Å². The molecule has 8 aromatic rings. The minimum Gasteiger partial charge on any atom is -0.496 e. The number of nitrogens with one attached hydrogen (secondary N) is 2. The highest BCUT2D eigenvalue weighted by Crippen LogP contribution is 2.41. The number of para-hydroxylation sites is 4.